The molecular formula is C15H17N3O. The molecule has 0 spiro atoms. The van der Waals surface area contributed by atoms with Gasteiger partial charge in [-0.3, -0.25) is 10.2 Å². The van der Waals surface area contributed by atoms with Crippen LogP contribution in [0.25, 0.3) is 10.9 Å². The Labute approximate surface area is 111 Å². The number of fused-ring (bicyclic) bond motifs is 2. The molecule has 0 fully saturated rings. The Bertz CT molecular complexity index is 743. The number of H-pyrrole nitrogens is 1. The second-order valence-corrected chi connectivity index (χ2v) is 5.21. The van der Waals surface area contributed by atoms with Gasteiger partial charge in [0.2, 0.25) is 5.91 Å². The number of hydrogen-bond donors (Lipinski definition) is 3. The third-order valence-electron chi connectivity index (χ3n) is 3.97. The summed E-state index contributed by atoms with van der Waals surface area (Å²) in [7, 11) is 0. The van der Waals surface area contributed by atoms with Crippen LogP contribution in [0.15, 0.2) is 12.1 Å². The van der Waals surface area contributed by atoms with Gasteiger partial charge < -0.3 is 10.7 Å². The minimum Gasteiger partial charge on any atom is -0.366 e. The van der Waals surface area contributed by atoms with Crippen molar-refractivity contribution >= 4 is 16.8 Å². The van der Waals surface area contributed by atoms with Gasteiger partial charge in [0, 0.05) is 11.1 Å². The summed E-state index contributed by atoms with van der Waals surface area (Å²) in [4.78, 5) is 15.0. The van der Waals surface area contributed by atoms with Crippen molar-refractivity contribution in [3.8, 4) is 0 Å². The number of rotatable bonds is 1. The average molecular weight is 255 g/mol. The zero-order valence-electron chi connectivity index (χ0n) is 11.0. The van der Waals surface area contributed by atoms with E-state index in [1.807, 2.05) is 13.0 Å². The number of carbonyl (C=O) groups excluding carboxylic acids is 1. The van der Waals surface area contributed by atoms with Crippen LogP contribution < -0.4 is 11.1 Å². The number of nitrogens with two attached hydrogens (primary N) is 1. The first-order valence-electron chi connectivity index (χ1n) is 6.61. The second kappa shape index (κ2) is 4.23. The first-order valence-corrected chi connectivity index (χ1v) is 6.61. The Kier molecular flexibility index (Phi) is 2.66. The van der Waals surface area contributed by atoms with Gasteiger partial charge >= 0.3 is 0 Å². The van der Waals surface area contributed by atoms with Crippen LogP contribution in [0.4, 0.5) is 0 Å². The number of pyridine rings is 1. The minimum absolute atomic E-state index is 0.440. The summed E-state index contributed by atoms with van der Waals surface area (Å²) in [5.41, 5.74) is 9.99. The minimum atomic E-state index is -0.470. The fourth-order valence-corrected chi connectivity index (χ4v) is 2.95. The third kappa shape index (κ3) is 1.75. The quantitative estimate of drug-likeness (QED) is 0.715. The smallest absolute Gasteiger partial charge is 0.249 e. The Morgan fingerprint density at radius 1 is 1.32 bits per heavy atom. The largest absolute Gasteiger partial charge is 0.366 e. The van der Waals surface area contributed by atoms with Crippen molar-refractivity contribution in [3.63, 3.8) is 0 Å². The highest BCUT2D eigenvalue weighted by Gasteiger charge is 2.17. The van der Waals surface area contributed by atoms with Crippen LogP contribution in [-0.4, -0.2) is 10.9 Å². The maximum Gasteiger partial charge on any atom is 0.249 e. The maximum absolute atomic E-state index is 11.6. The van der Waals surface area contributed by atoms with Gasteiger partial charge in [-0.2, -0.15) is 0 Å². The van der Waals surface area contributed by atoms with Crippen molar-refractivity contribution in [2.24, 2.45) is 5.73 Å². The SMILES string of the molecule is Cc1ccc(C(N)=O)c2c(=N)c3c([nH]c12)CCCC3. The molecule has 4 N–H and O–H groups in total. The molecule has 3 rings (SSSR count). The number of aromatic nitrogens is 1. The predicted octanol–water partition coefficient (Wildman–Crippen LogP) is 1.93. The van der Waals surface area contributed by atoms with E-state index in [2.05, 4.69) is 4.98 Å². The number of amides is 1. The molecule has 0 saturated carbocycles. The molecule has 1 aliphatic rings. The first kappa shape index (κ1) is 12.0. The molecular weight excluding hydrogens is 238 g/mol. The van der Waals surface area contributed by atoms with Gasteiger partial charge in [-0.25, -0.2) is 0 Å². The monoisotopic (exact) mass is 255 g/mol. The normalized spacial score (nSPS) is 14.4. The molecule has 4 heteroatoms. The summed E-state index contributed by atoms with van der Waals surface area (Å²) in [6.45, 7) is 1.98. The lowest BCUT2D eigenvalue weighted by Gasteiger charge is -2.18. The number of aryl methyl sites for hydroxylation is 2. The van der Waals surface area contributed by atoms with E-state index < -0.39 is 5.91 Å². The Morgan fingerprint density at radius 2 is 2.05 bits per heavy atom. The number of nitrogens with one attached hydrogen (secondary N) is 2. The highest BCUT2D eigenvalue weighted by molar-refractivity contribution is 6.06. The standard InChI is InChI=1S/C15H17N3O/c1-8-6-7-10(15(17)19)12-13(16)9-4-2-3-5-11(9)18-14(8)12/h6-7H,2-5H2,1H3,(H2,16,18)(H2,17,19). The zero-order chi connectivity index (χ0) is 13.6. The molecule has 4 nitrogen and oxygen atoms in total. The van der Waals surface area contributed by atoms with E-state index in [-0.39, 0.29) is 0 Å². The van der Waals surface area contributed by atoms with Gasteiger partial charge in [-0.1, -0.05) is 6.07 Å². The number of hydrogen-bond acceptors (Lipinski definition) is 2. The van der Waals surface area contributed by atoms with Crippen molar-refractivity contribution in [2.45, 2.75) is 32.6 Å². The van der Waals surface area contributed by atoms with Crippen LogP contribution in [0.3, 0.4) is 0 Å². The molecule has 1 aromatic heterocycles. The molecule has 1 aliphatic carbocycles. The number of aromatic amines is 1. The van der Waals surface area contributed by atoms with E-state index in [0.29, 0.717) is 16.3 Å². The van der Waals surface area contributed by atoms with Crippen molar-refractivity contribution in [1.29, 1.82) is 5.41 Å². The zero-order valence-corrected chi connectivity index (χ0v) is 11.0. The van der Waals surface area contributed by atoms with Crippen LogP contribution in [0.1, 0.15) is 40.0 Å². The van der Waals surface area contributed by atoms with Crippen molar-refractivity contribution < 1.29 is 4.79 Å². The van der Waals surface area contributed by atoms with Gasteiger partial charge in [0.15, 0.2) is 0 Å². The highest BCUT2D eigenvalue weighted by Crippen LogP contribution is 2.23. The van der Waals surface area contributed by atoms with Crippen molar-refractivity contribution in [3.05, 3.63) is 39.9 Å². The molecule has 0 radical (unpaired) electrons. The van der Waals surface area contributed by atoms with Crippen LogP contribution in [0.5, 0.6) is 0 Å². The molecule has 0 aliphatic heterocycles. The van der Waals surface area contributed by atoms with Crippen molar-refractivity contribution in [1.82, 2.24) is 4.98 Å². The summed E-state index contributed by atoms with van der Waals surface area (Å²) < 4.78 is 0. The Hall–Kier alpha value is -2.10. The molecule has 1 aromatic carbocycles. The summed E-state index contributed by atoms with van der Waals surface area (Å²) in [6, 6.07) is 3.61. The molecule has 0 unspecified atom stereocenters. The Morgan fingerprint density at radius 3 is 2.79 bits per heavy atom. The Balaban J connectivity index is 2.48. The van der Waals surface area contributed by atoms with Crippen LogP contribution in [0.2, 0.25) is 0 Å². The summed E-state index contributed by atoms with van der Waals surface area (Å²) >= 11 is 0. The molecule has 0 bridgehead atoms. The van der Waals surface area contributed by atoms with Crippen LogP contribution >= 0.6 is 0 Å². The van der Waals surface area contributed by atoms with E-state index in [4.69, 9.17) is 11.1 Å². The van der Waals surface area contributed by atoms with E-state index in [1.165, 1.54) is 0 Å². The van der Waals surface area contributed by atoms with Gasteiger partial charge in [0.25, 0.3) is 0 Å². The lowest BCUT2D eigenvalue weighted by Crippen LogP contribution is -2.22. The molecule has 1 heterocycles. The maximum atomic E-state index is 11.6. The predicted molar refractivity (Wildman–Crippen MR) is 74.1 cm³/mol. The molecule has 19 heavy (non-hydrogen) atoms. The first-order chi connectivity index (χ1) is 9.09. The van der Waals surface area contributed by atoms with E-state index in [9.17, 15) is 4.79 Å². The van der Waals surface area contributed by atoms with Crippen LogP contribution in [0, 0.1) is 12.3 Å². The number of primary amides is 1. The third-order valence-corrected chi connectivity index (χ3v) is 3.97. The number of carbonyl (C=O) groups is 1. The summed E-state index contributed by atoms with van der Waals surface area (Å²) in [5, 5.41) is 9.57. The molecule has 98 valence electrons. The van der Waals surface area contributed by atoms with Gasteiger partial charge in [0.05, 0.1) is 16.4 Å². The molecule has 0 atom stereocenters. The summed E-state index contributed by atoms with van der Waals surface area (Å²) in [6.07, 6.45) is 4.16. The fraction of sp³-hybridized carbons (Fsp3) is 0.333. The molecule has 1 amide bonds. The van der Waals surface area contributed by atoms with Crippen molar-refractivity contribution in [2.75, 3.05) is 0 Å². The fourth-order valence-electron chi connectivity index (χ4n) is 2.95. The summed E-state index contributed by atoms with van der Waals surface area (Å²) in [5.74, 6) is -0.470. The topological polar surface area (TPSA) is 82.7 Å². The van der Waals surface area contributed by atoms with E-state index in [1.54, 1.807) is 6.07 Å². The molecule has 2 aromatic rings. The van der Waals surface area contributed by atoms with E-state index in [0.717, 1.165) is 48.0 Å². The number of benzene rings is 1. The van der Waals surface area contributed by atoms with Gasteiger partial charge in [-0.15, -0.1) is 0 Å². The lowest BCUT2D eigenvalue weighted by molar-refractivity contribution is 0.100. The lowest BCUT2D eigenvalue weighted by atomic mass is 9.92. The van der Waals surface area contributed by atoms with Crippen LogP contribution in [-0.2, 0) is 12.8 Å². The average Bonchev–Trinajstić information content (AvgIpc) is 2.40. The highest BCUT2D eigenvalue weighted by atomic mass is 16.1. The van der Waals surface area contributed by atoms with Gasteiger partial charge in [-0.05, 0) is 49.8 Å². The van der Waals surface area contributed by atoms with Gasteiger partial charge in [0.1, 0.15) is 0 Å². The second-order valence-electron chi connectivity index (χ2n) is 5.21. The molecule has 0 saturated heterocycles. The van der Waals surface area contributed by atoms with E-state index >= 15 is 0 Å².